The fourth-order valence-electron chi connectivity index (χ4n) is 2.31. The molecule has 0 radical (unpaired) electrons. The van der Waals surface area contributed by atoms with Crippen molar-refractivity contribution in [2.75, 3.05) is 0 Å². The number of aromatic nitrogens is 1. The number of para-hydroxylation sites is 1. The van der Waals surface area contributed by atoms with E-state index in [9.17, 15) is 4.39 Å². The van der Waals surface area contributed by atoms with E-state index in [1.165, 1.54) is 6.07 Å². The van der Waals surface area contributed by atoms with Gasteiger partial charge in [0.05, 0.1) is 22.3 Å². The molecule has 0 aliphatic rings. The molecule has 0 saturated heterocycles. The largest absolute Gasteiger partial charge is 0.322 e. The maximum absolute atomic E-state index is 13.5. The molecular weight excluding hydrogens is 287 g/mol. The zero-order chi connectivity index (χ0) is 14.8. The molecule has 3 rings (SSSR count). The molecule has 21 heavy (non-hydrogen) atoms. The van der Waals surface area contributed by atoms with Crippen LogP contribution in [0.1, 0.15) is 17.3 Å². The lowest BCUT2D eigenvalue weighted by atomic mass is 10.0. The van der Waals surface area contributed by atoms with Crippen molar-refractivity contribution in [1.29, 1.82) is 0 Å². The molecule has 0 fully saturated rings. The molecule has 0 amide bonds. The number of hydrogen-bond acceptors (Lipinski definition) is 2. The number of benzene rings is 2. The van der Waals surface area contributed by atoms with Gasteiger partial charge in [0, 0.05) is 5.39 Å². The van der Waals surface area contributed by atoms with E-state index in [0.29, 0.717) is 6.42 Å². The predicted octanol–water partition coefficient (Wildman–Crippen LogP) is 4.27. The Bertz CT molecular complexity index is 789. The van der Waals surface area contributed by atoms with Crippen molar-refractivity contribution in [3.63, 3.8) is 0 Å². The summed E-state index contributed by atoms with van der Waals surface area (Å²) in [5.74, 6) is -0.423. The third-order valence-electron chi connectivity index (χ3n) is 3.44. The Kier molecular flexibility index (Phi) is 3.86. The molecule has 0 saturated carbocycles. The Balaban J connectivity index is 1.85. The van der Waals surface area contributed by atoms with Crippen molar-refractivity contribution in [3.05, 3.63) is 76.7 Å². The van der Waals surface area contributed by atoms with Gasteiger partial charge in [0.2, 0.25) is 0 Å². The van der Waals surface area contributed by atoms with Crippen molar-refractivity contribution < 1.29 is 4.39 Å². The van der Waals surface area contributed by atoms with Crippen LogP contribution in [0.5, 0.6) is 0 Å². The van der Waals surface area contributed by atoms with E-state index in [0.717, 1.165) is 22.2 Å². The number of hydrogen-bond donors (Lipinski definition) is 1. The number of rotatable bonds is 3. The molecule has 0 bridgehead atoms. The van der Waals surface area contributed by atoms with E-state index in [-0.39, 0.29) is 11.1 Å². The lowest BCUT2D eigenvalue weighted by Gasteiger charge is -2.12. The quantitative estimate of drug-likeness (QED) is 0.784. The highest BCUT2D eigenvalue weighted by Gasteiger charge is 2.11. The van der Waals surface area contributed by atoms with E-state index < -0.39 is 5.82 Å². The standard InChI is InChI=1S/C17H14ClFN2/c18-13-7-5-11(9-14(13)19)10-15(20)17-8-6-12-3-1-2-4-16(12)21-17/h1-9,15H,10,20H2. The van der Waals surface area contributed by atoms with Crippen molar-refractivity contribution >= 4 is 22.5 Å². The van der Waals surface area contributed by atoms with Crippen LogP contribution in [0.15, 0.2) is 54.6 Å². The molecule has 1 heterocycles. The van der Waals surface area contributed by atoms with Crippen LogP contribution in [0.4, 0.5) is 4.39 Å². The summed E-state index contributed by atoms with van der Waals surface area (Å²) in [5, 5.41) is 1.20. The molecule has 1 atom stereocenters. The monoisotopic (exact) mass is 300 g/mol. The van der Waals surface area contributed by atoms with Gasteiger partial charge in [-0.1, -0.05) is 41.9 Å². The van der Waals surface area contributed by atoms with E-state index in [2.05, 4.69) is 4.98 Å². The third-order valence-corrected chi connectivity index (χ3v) is 3.75. The van der Waals surface area contributed by atoms with Gasteiger partial charge in [-0.25, -0.2) is 4.39 Å². The Morgan fingerprint density at radius 3 is 2.71 bits per heavy atom. The number of nitrogens with two attached hydrogens (primary N) is 1. The number of halogens is 2. The molecule has 3 aromatic rings. The molecule has 0 aliphatic heterocycles. The van der Waals surface area contributed by atoms with Gasteiger partial charge in [0.15, 0.2) is 0 Å². The van der Waals surface area contributed by atoms with E-state index in [1.807, 2.05) is 36.4 Å². The topological polar surface area (TPSA) is 38.9 Å². The molecule has 0 aliphatic carbocycles. The maximum Gasteiger partial charge on any atom is 0.142 e. The SMILES string of the molecule is NC(Cc1ccc(Cl)c(F)c1)c1ccc2ccccc2n1. The summed E-state index contributed by atoms with van der Waals surface area (Å²) < 4.78 is 13.5. The zero-order valence-corrected chi connectivity index (χ0v) is 12.0. The van der Waals surface area contributed by atoms with Crippen molar-refractivity contribution in [3.8, 4) is 0 Å². The van der Waals surface area contributed by atoms with Crippen LogP contribution in [-0.2, 0) is 6.42 Å². The first kappa shape index (κ1) is 14.0. The van der Waals surface area contributed by atoms with Crippen molar-refractivity contribution in [2.45, 2.75) is 12.5 Å². The molecule has 1 unspecified atom stereocenters. The van der Waals surface area contributed by atoms with Crippen LogP contribution in [0.3, 0.4) is 0 Å². The minimum Gasteiger partial charge on any atom is -0.322 e. The first-order valence-corrected chi connectivity index (χ1v) is 7.06. The minimum absolute atomic E-state index is 0.121. The molecule has 106 valence electrons. The first-order valence-electron chi connectivity index (χ1n) is 6.69. The summed E-state index contributed by atoms with van der Waals surface area (Å²) in [6.45, 7) is 0. The van der Waals surface area contributed by atoms with Gasteiger partial charge in [-0.3, -0.25) is 4.98 Å². The van der Waals surface area contributed by atoms with E-state index in [1.54, 1.807) is 12.1 Å². The lowest BCUT2D eigenvalue weighted by molar-refractivity contribution is 0.621. The lowest BCUT2D eigenvalue weighted by Crippen LogP contribution is -2.15. The second-order valence-electron chi connectivity index (χ2n) is 4.99. The summed E-state index contributed by atoms with van der Waals surface area (Å²) >= 11 is 5.68. The predicted molar refractivity (Wildman–Crippen MR) is 83.8 cm³/mol. The van der Waals surface area contributed by atoms with E-state index in [4.69, 9.17) is 17.3 Å². The Hall–Kier alpha value is -1.97. The van der Waals surface area contributed by atoms with Gasteiger partial charge in [-0.05, 0) is 36.2 Å². The fraction of sp³-hybridized carbons (Fsp3) is 0.118. The highest BCUT2D eigenvalue weighted by Crippen LogP contribution is 2.21. The third kappa shape index (κ3) is 3.04. The van der Waals surface area contributed by atoms with Crippen LogP contribution in [-0.4, -0.2) is 4.98 Å². The molecule has 4 heteroatoms. The molecule has 2 aromatic carbocycles. The van der Waals surface area contributed by atoms with Gasteiger partial charge < -0.3 is 5.73 Å². The summed E-state index contributed by atoms with van der Waals surface area (Å²) in [6.07, 6.45) is 0.513. The molecule has 0 spiro atoms. The molecule has 2 N–H and O–H groups in total. The van der Waals surface area contributed by atoms with Crippen LogP contribution in [0, 0.1) is 5.82 Å². The van der Waals surface area contributed by atoms with Crippen molar-refractivity contribution in [1.82, 2.24) is 4.98 Å². The highest BCUT2D eigenvalue weighted by atomic mass is 35.5. The maximum atomic E-state index is 13.5. The van der Waals surface area contributed by atoms with Gasteiger partial charge in [-0.2, -0.15) is 0 Å². The minimum atomic E-state index is -0.423. The van der Waals surface area contributed by atoms with Gasteiger partial charge >= 0.3 is 0 Å². The number of nitrogens with zero attached hydrogens (tertiary/aromatic N) is 1. The number of pyridine rings is 1. The summed E-state index contributed by atoms with van der Waals surface area (Å²) in [4.78, 5) is 4.57. The molecular formula is C17H14ClFN2. The average Bonchev–Trinajstić information content (AvgIpc) is 2.50. The second kappa shape index (κ2) is 5.80. The number of fused-ring (bicyclic) bond motifs is 1. The van der Waals surface area contributed by atoms with Crippen LogP contribution in [0.2, 0.25) is 5.02 Å². The first-order chi connectivity index (χ1) is 10.1. The Labute approximate surface area is 127 Å². The Morgan fingerprint density at radius 2 is 1.90 bits per heavy atom. The van der Waals surface area contributed by atoms with Crippen LogP contribution in [0.25, 0.3) is 10.9 Å². The average molecular weight is 301 g/mol. The van der Waals surface area contributed by atoms with Gasteiger partial charge in [0.25, 0.3) is 0 Å². The van der Waals surface area contributed by atoms with E-state index >= 15 is 0 Å². The van der Waals surface area contributed by atoms with Crippen LogP contribution >= 0.6 is 11.6 Å². The summed E-state index contributed by atoms with van der Waals surface area (Å²) in [7, 11) is 0. The smallest absolute Gasteiger partial charge is 0.142 e. The van der Waals surface area contributed by atoms with Gasteiger partial charge in [0.1, 0.15) is 5.82 Å². The van der Waals surface area contributed by atoms with Crippen LogP contribution < -0.4 is 5.73 Å². The van der Waals surface area contributed by atoms with Crippen molar-refractivity contribution in [2.24, 2.45) is 5.73 Å². The highest BCUT2D eigenvalue weighted by molar-refractivity contribution is 6.30. The van der Waals surface area contributed by atoms with Gasteiger partial charge in [-0.15, -0.1) is 0 Å². The Morgan fingerprint density at radius 1 is 1.10 bits per heavy atom. The normalized spacial score (nSPS) is 12.5. The summed E-state index contributed by atoms with van der Waals surface area (Å²) in [5.41, 5.74) is 8.70. The molecule has 1 aromatic heterocycles. The zero-order valence-electron chi connectivity index (χ0n) is 11.3. The second-order valence-corrected chi connectivity index (χ2v) is 5.40. The molecule has 2 nitrogen and oxygen atoms in total. The summed E-state index contributed by atoms with van der Waals surface area (Å²) in [6, 6.07) is 16.3. The fourth-order valence-corrected chi connectivity index (χ4v) is 2.43.